The second-order valence-corrected chi connectivity index (χ2v) is 5.26. The molecule has 0 bridgehead atoms. The Morgan fingerprint density at radius 2 is 2.14 bits per heavy atom. The second-order valence-electron chi connectivity index (χ2n) is 4.85. The fourth-order valence-electron chi connectivity index (χ4n) is 1.42. The summed E-state index contributed by atoms with van der Waals surface area (Å²) in [6.45, 7) is 4.48. The Balaban J connectivity index is 2.57. The lowest BCUT2D eigenvalue weighted by atomic mass is 10.2. The summed E-state index contributed by atoms with van der Waals surface area (Å²) < 4.78 is 5.33. The normalized spacial score (nSPS) is 10.9. The van der Waals surface area contributed by atoms with Crippen molar-refractivity contribution in [2.24, 2.45) is 5.92 Å². The molecule has 6 heteroatoms. The smallest absolute Gasteiger partial charge is 0.328 e. The molecule has 114 valence electrons. The minimum atomic E-state index is -1.03. The molecule has 1 rings (SSSR count). The number of amides is 1. The minimum absolute atomic E-state index is 0.114. The topological polar surface area (TPSA) is 75.6 Å². The number of ether oxygens (including phenoxy) is 1. The number of carbonyl (C=O) groups is 2. The molecule has 0 heterocycles. The van der Waals surface area contributed by atoms with Crippen molar-refractivity contribution in [3.63, 3.8) is 0 Å². The zero-order chi connectivity index (χ0) is 15.8. The Hall–Kier alpha value is -2.01. The predicted octanol–water partition coefficient (Wildman–Crippen LogP) is 2.59. The van der Waals surface area contributed by atoms with E-state index in [2.05, 4.69) is 5.32 Å². The van der Waals surface area contributed by atoms with E-state index in [-0.39, 0.29) is 12.5 Å². The van der Waals surface area contributed by atoms with E-state index >= 15 is 0 Å². The van der Waals surface area contributed by atoms with Gasteiger partial charge in [0.05, 0.1) is 5.02 Å². The molecule has 1 aromatic carbocycles. The number of carboxylic acids is 1. The quantitative estimate of drug-likeness (QED) is 0.759. The third-order valence-corrected chi connectivity index (χ3v) is 2.74. The maximum absolute atomic E-state index is 11.5. The Morgan fingerprint density at radius 3 is 2.71 bits per heavy atom. The van der Waals surface area contributed by atoms with Crippen LogP contribution in [-0.4, -0.2) is 30.1 Å². The fraction of sp³-hybridized carbons (Fsp3) is 0.333. The van der Waals surface area contributed by atoms with Crippen LogP contribution in [-0.2, 0) is 9.59 Å². The highest BCUT2D eigenvalue weighted by atomic mass is 35.5. The predicted molar refractivity (Wildman–Crippen MR) is 81.5 cm³/mol. The molecule has 0 aliphatic heterocycles. The van der Waals surface area contributed by atoms with Crippen molar-refractivity contribution in [3.8, 4) is 5.75 Å². The molecular weight excluding hydrogens is 294 g/mol. The first-order chi connectivity index (χ1) is 9.88. The fourth-order valence-corrected chi connectivity index (χ4v) is 1.66. The van der Waals surface area contributed by atoms with Crippen molar-refractivity contribution in [1.29, 1.82) is 0 Å². The third-order valence-electron chi connectivity index (χ3n) is 2.44. The van der Waals surface area contributed by atoms with Crippen molar-refractivity contribution in [1.82, 2.24) is 5.32 Å². The SMILES string of the molecule is CC(C)CNC(=O)COc1ccc(C=CC(=O)O)cc1Cl. The average Bonchev–Trinajstić information content (AvgIpc) is 2.41. The minimum Gasteiger partial charge on any atom is -0.482 e. The van der Waals surface area contributed by atoms with Crippen molar-refractivity contribution >= 4 is 29.6 Å². The highest BCUT2D eigenvalue weighted by Crippen LogP contribution is 2.25. The second kappa shape index (κ2) is 8.32. The van der Waals surface area contributed by atoms with E-state index in [4.69, 9.17) is 21.4 Å². The van der Waals surface area contributed by atoms with Crippen LogP contribution in [0, 0.1) is 5.92 Å². The van der Waals surface area contributed by atoms with Crippen LogP contribution in [0.15, 0.2) is 24.3 Å². The van der Waals surface area contributed by atoms with E-state index in [1.54, 1.807) is 18.2 Å². The van der Waals surface area contributed by atoms with Gasteiger partial charge in [-0.2, -0.15) is 0 Å². The van der Waals surface area contributed by atoms with Gasteiger partial charge in [-0.3, -0.25) is 4.79 Å². The number of carboxylic acid groups (broad SMARTS) is 1. The number of hydrogen-bond donors (Lipinski definition) is 2. The Morgan fingerprint density at radius 1 is 1.43 bits per heavy atom. The molecule has 0 atom stereocenters. The van der Waals surface area contributed by atoms with E-state index < -0.39 is 5.97 Å². The molecule has 0 radical (unpaired) electrons. The number of hydrogen-bond acceptors (Lipinski definition) is 3. The monoisotopic (exact) mass is 311 g/mol. The first-order valence-electron chi connectivity index (χ1n) is 6.48. The van der Waals surface area contributed by atoms with Gasteiger partial charge in [-0.25, -0.2) is 4.79 Å². The molecule has 0 aliphatic carbocycles. The zero-order valence-electron chi connectivity index (χ0n) is 11.9. The van der Waals surface area contributed by atoms with Gasteiger partial charge in [-0.15, -0.1) is 0 Å². The van der Waals surface area contributed by atoms with Gasteiger partial charge in [-0.1, -0.05) is 31.5 Å². The highest BCUT2D eigenvalue weighted by molar-refractivity contribution is 6.32. The lowest BCUT2D eigenvalue weighted by Gasteiger charge is -2.10. The Labute approximate surface area is 128 Å². The van der Waals surface area contributed by atoms with Crippen LogP contribution in [0.5, 0.6) is 5.75 Å². The Bertz CT molecular complexity index is 540. The first-order valence-corrected chi connectivity index (χ1v) is 6.86. The van der Waals surface area contributed by atoms with Gasteiger partial charge in [0.25, 0.3) is 5.91 Å². The highest BCUT2D eigenvalue weighted by Gasteiger charge is 2.06. The molecule has 0 spiro atoms. The number of aliphatic carboxylic acids is 1. The lowest BCUT2D eigenvalue weighted by Crippen LogP contribution is -2.31. The van der Waals surface area contributed by atoms with Crippen LogP contribution in [0.4, 0.5) is 0 Å². The van der Waals surface area contributed by atoms with Gasteiger partial charge in [0.2, 0.25) is 0 Å². The number of halogens is 1. The molecule has 0 fully saturated rings. The van der Waals surface area contributed by atoms with Crippen LogP contribution in [0.2, 0.25) is 5.02 Å². The maximum Gasteiger partial charge on any atom is 0.328 e. The molecule has 2 N–H and O–H groups in total. The molecule has 21 heavy (non-hydrogen) atoms. The van der Waals surface area contributed by atoms with Gasteiger partial charge >= 0.3 is 5.97 Å². The number of benzene rings is 1. The van der Waals surface area contributed by atoms with Gasteiger partial charge in [0, 0.05) is 12.6 Å². The summed E-state index contributed by atoms with van der Waals surface area (Å²) in [5.74, 6) is -0.496. The molecule has 0 saturated carbocycles. The van der Waals surface area contributed by atoms with E-state index in [0.717, 1.165) is 6.08 Å². The maximum atomic E-state index is 11.5. The van der Waals surface area contributed by atoms with Crippen molar-refractivity contribution in [2.75, 3.05) is 13.2 Å². The molecule has 0 aromatic heterocycles. The van der Waals surface area contributed by atoms with Crippen LogP contribution in [0.25, 0.3) is 6.08 Å². The average molecular weight is 312 g/mol. The summed E-state index contributed by atoms with van der Waals surface area (Å²) in [5, 5.41) is 11.6. The summed E-state index contributed by atoms with van der Waals surface area (Å²) in [6, 6.07) is 4.83. The van der Waals surface area contributed by atoms with Gasteiger partial charge in [0.15, 0.2) is 6.61 Å². The van der Waals surface area contributed by atoms with E-state index in [1.807, 2.05) is 13.8 Å². The van der Waals surface area contributed by atoms with Crippen LogP contribution >= 0.6 is 11.6 Å². The van der Waals surface area contributed by atoms with E-state index in [1.165, 1.54) is 6.08 Å². The Kier molecular flexibility index (Phi) is 6.75. The van der Waals surface area contributed by atoms with Crippen LogP contribution in [0.3, 0.4) is 0 Å². The largest absolute Gasteiger partial charge is 0.482 e. The summed E-state index contributed by atoms with van der Waals surface area (Å²) in [4.78, 5) is 21.9. The van der Waals surface area contributed by atoms with Gasteiger partial charge in [0.1, 0.15) is 5.75 Å². The molecular formula is C15H18ClNO4. The standard InChI is InChI=1S/C15H18ClNO4/c1-10(2)8-17-14(18)9-21-13-5-3-11(7-12(13)16)4-6-15(19)20/h3-7,10H,8-9H2,1-2H3,(H,17,18)(H,19,20). The van der Waals surface area contributed by atoms with E-state index in [9.17, 15) is 9.59 Å². The summed E-state index contributed by atoms with van der Waals surface area (Å²) in [5.41, 5.74) is 0.638. The van der Waals surface area contributed by atoms with Crippen molar-refractivity contribution in [2.45, 2.75) is 13.8 Å². The molecule has 0 saturated heterocycles. The van der Waals surface area contributed by atoms with Crippen LogP contribution in [0.1, 0.15) is 19.4 Å². The van der Waals surface area contributed by atoms with Crippen molar-refractivity contribution < 1.29 is 19.4 Å². The van der Waals surface area contributed by atoms with Gasteiger partial charge in [-0.05, 0) is 29.7 Å². The number of rotatable bonds is 7. The third kappa shape index (κ3) is 6.81. The summed E-state index contributed by atoms with van der Waals surface area (Å²) in [6.07, 6.45) is 2.44. The molecule has 1 aromatic rings. The first kappa shape index (κ1) is 17.0. The van der Waals surface area contributed by atoms with Gasteiger partial charge < -0.3 is 15.2 Å². The molecule has 0 aliphatic rings. The number of carbonyl (C=O) groups excluding carboxylic acids is 1. The molecule has 1 amide bonds. The summed E-state index contributed by atoms with van der Waals surface area (Å²) >= 11 is 6.02. The number of nitrogens with one attached hydrogen (secondary N) is 1. The zero-order valence-corrected chi connectivity index (χ0v) is 12.7. The van der Waals surface area contributed by atoms with Crippen LogP contribution < -0.4 is 10.1 Å². The van der Waals surface area contributed by atoms with Crippen molar-refractivity contribution in [3.05, 3.63) is 34.9 Å². The van der Waals surface area contributed by atoms with E-state index in [0.29, 0.717) is 28.8 Å². The lowest BCUT2D eigenvalue weighted by molar-refractivity contribution is -0.131. The summed E-state index contributed by atoms with van der Waals surface area (Å²) in [7, 11) is 0. The molecule has 5 nitrogen and oxygen atoms in total. The molecule has 0 unspecified atom stereocenters.